The molecular weight excluding hydrogens is 302 g/mol. The molecule has 0 aliphatic carbocycles. The second-order valence-corrected chi connectivity index (χ2v) is 7.23. The monoisotopic (exact) mass is 327 g/mol. The average Bonchev–Trinajstić information content (AvgIpc) is 2.63. The van der Waals surface area contributed by atoms with E-state index < -0.39 is 0 Å². The van der Waals surface area contributed by atoms with Crippen LogP contribution in [0.15, 0.2) is 54.6 Å². The lowest BCUT2D eigenvalue weighted by atomic mass is 10.1. The van der Waals surface area contributed by atoms with Crippen molar-refractivity contribution in [3.63, 3.8) is 0 Å². The van der Waals surface area contributed by atoms with E-state index in [9.17, 15) is 0 Å². The van der Waals surface area contributed by atoms with Gasteiger partial charge in [0.05, 0.1) is 0 Å². The van der Waals surface area contributed by atoms with Gasteiger partial charge in [0.1, 0.15) is 12.4 Å². The van der Waals surface area contributed by atoms with Crippen LogP contribution in [0.25, 0.3) is 0 Å². The first-order valence-electron chi connectivity index (χ1n) is 8.47. The van der Waals surface area contributed by atoms with Gasteiger partial charge in [-0.3, -0.25) is 0 Å². The molecule has 0 aromatic heterocycles. The maximum absolute atomic E-state index is 5.83. The summed E-state index contributed by atoms with van der Waals surface area (Å²) in [5.74, 6) is 3.56. The first-order valence-corrected chi connectivity index (χ1v) is 9.62. The van der Waals surface area contributed by atoms with Crippen molar-refractivity contribution in [3.05, 3.63) is 65.7 Å². The van der Waals surface area contributed by atoms with Gasteiger partial charge in [-0.25, -0.2) is 0 Å². The highest BCUT2D eigenvalue weighted by Crippen LogP contribution is 2.17. The topological polar surface area (TPSA) is 21.3 Å². The summed E-state index contributed by atoms with van der Waals surface area (Å²) in [7, 11) is 0. The van der Waals surface area contributed by atoms with E-state index in [0.717, 1.165) is 24.8 Å². The molecule has 0 bridgehead atoms. The maximum Gasteiger partial charge on any atom is 0.119 e. The Kier molecular flexibility index (Phi) is 6.42. The van der Waals surface area contributed by atoms with Gasteiger partial charge in [-0.2, -0.15) is 11.8 Å². The van der Waals surface area contributed by atoms with Crippen molar-refractivity contribution in [3.8, 4) is 5.75 Å². The quantitative estimate of drug-likeness (QED) is 0.819. The zero-order valence-corrected chi connectivity index (χ0v) is 14.4. The van der Waals surface area contributed by atoms with Gasteiger partial charge in [0.25, 0.3) is 0 Å². The molecule has 2 aromatic carbocycles. The van der Waals surface area contributed by atoms with Crippen molar-refractivity contribution in [2.75, 3.05) is 18.1 Å². The molecule has 0 atom stereocenters. The van der Waals surface area contributed by atoms with E-state index in [1.807, 2.05) is 18.2 Å². The fourth-order valence-corrected chi connectivity index (χ4v) is 3.92. The van der Waals surface area contributed by atoms with Crippen LogP contribution in [0.5, 0.6) is 5.75 Å². The van der Waals surface area contributed by atoms with Crippen molar-refractivity contribution in [2.24, 2.45) is 0 Å². The van der Waals surface area contributed by atoms with Crippen molar-refractivity contribution < 1.29 is 4.74 Å². The molecule has 2 nitrogen and oxygen atoms in total. The van der Waals surface area contributed by atoms with Gasteiger partial charge in [0.15, 0.2) is 0 Å². The van der Waals surface area contributed by atoms with E-state index >= 15 is 0 Å². The minimum absolute atomic E-state index is 0.626. The molecule has 122 valence electrons. The Morgan fingerprint density at radius 3 is 2.39 bits per heavy atom. The number of ether oxygens (including phenoxy) is 1. The van der Waals surface area contributed by atoms with E-state index in [4.69, 9.17) is 4.74 Å². The fourth-order valence-electron chi connectivity index (χ4n) is 2.82. The number of thioether (sulfide) groups is 1. The molecule has 1 saturated heterocycles. The summed E-state index contributed by atoms with van der Waals surface area (Å²) in [4.78, 5) is 0. The third kappa shape index (κ3) is 5.60. The Morgan fingerprint density at radius 1 is 0.913 bits per heavy atom. The summed E-state index contributed by atoms with van der Waals surface area (Å²) in [5.41, 5.74) is 2.57. The predicted octanol–water partition coefficient (Wildman–Crippen LogP) is 4.29. The number of rotatable bonds is 7. The number of hydrogen-bond acceptors (Lipinski definition) is 3. The third-order valence-corrected chi connectivity index (χ3v) is 5.29. The maximum atomic E-state index is 5.83. The lowest BCUT2D eigenvalue weighted by Gasteiger charge is -2.22. The van der Waals surface area contributed by atoms with Gasteiger partial charge in [-0.05, 0) is 60.6 Å². The molecule has 0 radical (unpaired) electrons. The van der Waals surface area contributed by atoms with Crippen molar-refractivity contribution in [2.45, 2.75) is 31.9 Å². The van der Waals surface area contributed by atoms with Crippen LogP contribution in [0.3, 0.4) is 0 Å². The predicted molar refractivity (Wildman–Crippen MR) is 99.3 cm³/mol. The van der Waals surface area contributed by atoms with Gasteiger partial charge < -0.3 is 10.1 Å². The second kappa shape index (κ2) is 8.99. The number of benzene rings is 2. The molecular formula is C20H25NOS. The Bertz CT molecular complexity index is 564. The van der Waals surface area contributed by atoms with E-state index in [1.165, 1.54) is 35.5 Å². The summed E-state index contributed by atoms with van der Waals surface area (Å²) in [6, 6.07) is 19.5. The molecule has 1 aliphatic heterocycles. The summed E-state index contributed by atoms with van der Waals surface area (Å²) in [6.45, 7) is 1.70. The number of hydrogen-bond donors (Lipinski definition) is 1. The molecule has 0 saturated carbocycles. The SMILES string of the molecule is c1ccc(COc2ccc(CCNC3CCSCC3)cc2)cc1. The molecule has 0 amide bonds. The molecule has 2 aromatic rings. The largest absolute Gasteiger partial charge is 0.489 e. The summed E-state index contributed by atoms with van der Waals surface area (Å²) >= 11 is 2.08. The van der Waals surface area contributed by atoms with Gasteiger partial charge in [-0.15, -0.1) is 0 Å². The summed E-state index contributed by atoms with van der Waals surface area (Å²) in [5, 5.41) is 3.69. The van der Waals surface area contributed by atoms with E-state index in [1.54, 1.807) is 0 Å². The highest BCUT2D eigenvalue weighted by Gasteiger charge is 2.12. The van der Waals surface area contributed by atoms with Crippen molar-refractivity contribution in [1.29, 1.82) is 0 Å². The second-order valence-electron chi connectivity index (χ2n) is 6.01. The molecule has 0 unspecified atom stereocenters. The minimum atomic E-state index is 0.626. The van der Waals surface area contributed by atoms with E-state index in [0.29, 0.717) is 6.61 Å². The lowest BCUT2D eigenvalue weighted by Crippen LogP contribution is -2.33. The smallest absolute Gasteiger partial charge is 0.119 e. The average molecular weight is 327 g/mol. The molecule has 1 N–H and O–H groups in total. The van der Waals surface area contributed by atoms with E-state index in [-0.39, 0.29) is 0 Å². The highest BCUT2D eigenvalue weighted by molar-refractivity contribution is 7.99. The normalized spacial score (nSPS) is 15.5. The van der Waals surface area contributed by atoms with Crippen LogP contribution in [-0.2, 0) is 13.0 Å². The Hall–Kier alpha value is -1.45. The minimum Gasteiger partial charge on any atom is -0.489 e. The number of nitrogens with one attached hydrogen (secondary N) is 1. The zero-order chi connectivity index (χ0) is 15.7. The van der Waals surface area contributed by atoms with Crippen LogP contribution in [0.1, 0.15) is 24.0 Å². The Morgan fingerprint density at radius 2 is 1.65 bits per heavy atom. The highest BCUT2D eigenvalue weighted by atomic mass is 32.2. The van der Waals surface area contributed by atoms with Crippen LogP contribution in [0.2, 0.25) is 0 Å². The molecule has 1 fully saturated rings. The van der Waals surface area contributed by atoms with Crippen LogP contribution < -0.4 is 10.1 Å². The molecule has 23 heavy (non-hydrogen) atoms. The zero-order valence-electron chi connectivity index (χ0n) is 13.5. The van der Waals surface area contributed by atoms with Gasteiger partial charge in [0, 0.05) is 6.04 Å². The Balaban J connectivity index is 1.40. The molecule has 1 aliphatic rings. The first-order chi connectivity index (χ1) is 11.4. The van der Waals surface area contributed by atoms with Crippen LogP contribution in [0, 0.1) is 0 Å². The van der Waals surface area contributed by atoms with Crippen molar-refractivity contribution in [1.82, 2.24) is 5.32 Å². The van der Waals surface area contributed by atoms with Gasteiger partial charge in [-0.1, -0.05) is 42.5 Å². The van der Waals surface area contributed by atoms with E-state index in [2.05, 4.69) is 53.5 Å². The standard InChI is InChI=1S/C20H25NOS/c1-2-4-18(5-3-1)16-22-20-8-6-17(7-9-20)10-13-21-19-11-14-23-15-12-19/h1-9,19,21H,10-16H2. The van der Waals surface area contributed by atoms with Crippen LogP contribution in [-0.4, -0.2) is 24.1 Å². The third-order valence-electron chi connectivity index (χ3n) is 4.24. The summed E-state index contributed by atoms with van der Waals surface area (Å²) in [6.07, 6.45) is 3.72. The van der Waals surface area contributed by atoms with Crippen LogP contribution in [0.4, 0.5) is 0 Å². The first kappa shape index (κ1) is 16.4. The molecule has 0 spiro atoms. The summed E-state index contributed by atoms with van der Waals surface area (Å²) < 4.78 is 5.83. The molecule has 1 heterocycles. The Labute approximate surface area is 143 Å². The molecule has 3 rings (SSSR count). The molecule has 3 heteroatoms. The van der Waals surface area contributed by atoms with Gasteiger partial charge in [0.2, 0.25) is 0 Å². The van der Waals surface area contributed by atoms with Gasteiger partial charge >= 0.3 is 0 Å². The fraction of sp³-hybridized carbons (Fsp3) is 0.400. The van der Waals surface area contributed by atoms with Crippen molar-refractivity contribution >= 4 is 11.8 Å². The van der Waals surface area contributed by atoms with Crippen LogP contribution >= 0.6 is 11.8 Å². The lowest BCUT2D eigenvalue weighted by molar-refractivity contribution is 0.306.